The van der Waals surface area contributed by atoms with Gasteiger partial charge in [0.05, 0.1) is 0 Å². The Balaban J connectivity index is 2.37. The highest BCUT2D eigenvalue weighted by molar-refractivity contribution is 9.10. The van der Waals surface area contributed by atoms with Gasteiger partial charge in [-0.15, -0.1) is 0 Å². The SMILES string of the molecule is Fc1cc(Br)cc(OCOCC(F)(F)F)c1. The number of benzene rings is 1. The Labute approximate surface area is 97.3 Å². The molecule has 0 atom stereocenters. The summed E-state index contributed by atoms with van der Waals surface area (Å²) in [5.41, 5.74) is 0. The molecule has 0 aliphatic heterocycles. The summed E-state index contributed by atoms with van der Waals surface area (Å²) in [4.78, 5) is 0. The van der Waals surface area contributed by atoms with Gasteiger partial charge in [0.15, 0.2) is 6.79 Å². The lowest BCUT2D eigenvalue weighted by atomic mass is 10.3. The van der Waals surface area contributed by atoms with Crippen molar-refractivity contribution in [2.24, 2.45) is 0 Å². The van der Waals surface area contributed by atoms with Crippen molar-refractivity contribution in [3.05, 3.63) is 28.5 Å². The van der Waals surface area contributed by atoms with Gasteiger partial charge in [0, 0.05) is 10.5 Å². The predicted octanol–water partition coefficient (Wildman–Crippen LogP) is 3.50. The number of rotatable bonds is 4. The maximum absolute atomic E-state index is 12.8. The van der Waals surface area contributed by atoms with Crippen LogP contribution in [0.3, 0.4) is 0 Å². The lowest BCUT2D eigenvalue weighted by molar-refractivity contribution is -0.186. The van der Waals surface area contributed by atoms with Gasteiger partial charge in [-0.2, -0.15) is 13.2 Å². The molecule has 0 aromatic heterocycles. The molecule has 1 aromatic carbocycles. The molecule has 0 aliphatic carbocycles. The first-order valence-corrected chi connectivity index (χ1v) is 4.89. The minimum Gasteiger partial charge on any atom is -0.467 e. The molecule has 1 rings (SSSR count). The second kappa shape index (κ2) is 5.49. The summed E-state index contributed by atoms with van der Waals surface area (Å²) < 4.78 is 57.2. The van der Waals surface area contributed by atoms with E-state index in [1.54, 1.807) is 0 Å². The minimum atomic E-state index is -4.40. The van der Waals surface area contributed by atoms with Gasteiger partial charge < -0.3 is 9.47 Å². The Morgan fingerprint density at radius 1 is 1.19 bits per heavy atom. The van der Waals surface area contributed by atoms with E-state index in [-0.39, 0.29) is 5.75 Å². The molecule has 0 saturated heterocycles. The molecule has 0 bridgehead atoms. The highest BCUT2D eigenvalue weighted by Crippen LogP contribution is 2.21. The van der Waals surface area contributed by atoms with Crippen molar-refractivity contribution in [2.75, 3.05) is 13.4 Å². The summed E-state index contributed by atoms with van der Waals surface area (Å²) in [5, 5.41) is 0. The van der Waals surface area contributed by atoms with Gasteiger partial charge in [-0.25, -0.2) is 4.39 Å². The molecule has 90 valence electrons. The van der Waals surface area contributed by atoms with Crippen LogP contribution in [0.4, 0.5) is 17.6 Å². The maximum Gasteiger partial charge on any atom is 0.411 e. The van der Waals surface area contributed by atoms with Crippen LogP contribution in [0.2, 0.25) is 0 Å². The van der Waals surface area contributed by atoms with Crippen LogP contribution >= 0.6 is 15.9 Å². The second-order valence-electron chi connectivity index (χ2n) is 2.83. The summed E-state index contributed by atoms with van der Waals surface area (Å²) in [5.74, 6) is -0.464. The first kappa shape index (κ1) is 13.2. The van der Waals surface area contributed by atoms with Crippen LogP contribution in [0.15, 0.2) is 22.7 Å². The van der Waals surface area contributed by atoms with Gasteiger partial charge in [-0.1, -0.05) is 15.9 Å². The molecule has 0 saturated carbocycles. The van der Waals surface area contributed by atoms with Crippen LogP contribution < -0.4 is 4.74 Å². The highest BCUT2D eigenvalue weighted by Gasteiger charge is 2.27. The maximum atomic E-state index is 12.8. The quantitative estimate of drug-likeness (QED) is 0.481. The Hall–Kier alpha value is -0.820. The third-order valence-electron chi connectivity index (χ3n) is 1.41. The van der Waals surface area contributed by atoms with E-state index in [4.69, 9.17) is 4.74 Å². The highest BCUT2D eigenvalue weighted by atomic mass is 79.9. The molecule has 0 fully saturated rings. The molecular weight excluding hydrogens is 296 g/mol. The van der Waals surface area contributed by atoms with Gasteiger partial charge >= 0.3 is 6.18 Å². The van der Waals surface area contributed by atoms with Crippen molar-refractivity contribution in [3.63, 3.8) is 0 Å². The largest absolute Gasteiger partial charge is 0.467 e. The first-order chi connectivity index (χ1) is 7.37. The number of alkyl halides is 3. The van der Waals surface area contributed by atoms with Crippen LogP contribution in [-0.4, -0.2) is 19.6 Å². The molecule has 0 radical (unpaired) electrons. The molecule has 0 spiro atoms. The summed E-state index contributed by atoms with van der Waals surface area (Å²) in [7, 11) is 0. The van der Waals surface area contributed by atoms with E-state index in [1.807, 2.05) is 0 Å². The zero-order valence-electron chi connectivity index (χ0n) is 7.85. The predicted molar refractivity (Wildman–Crippen MR) is 51.6 cm³/mol. The zero-order chi connectivity index (χ0) is 12.2. The van der Waals surface area contributed by atoms with Crippen LogP contribution in [-0.2, 0) is 4.74 Å². The Bertz CT molecular complexity index is 334. The van der Waals surface area contributed by atoms with Crippen LogP contribution in [0.25, 0.3) is 0 Å². The lowest BCUT2D eigenvalue weighted by Gasteiger charge is -2.09. The van der Waals surface area contributed by atoms with Crippen molar-refractivity contribution in [3.8, 4) is 5.75 Å². The Morgan fingerprint density at radius 2 is 1.88 bits per heavy atom. The van der Waals surface area contributed by atoms with E-state index in [9.17, 15) is 17.6 Å². The van der Waals surface area contributed by atoms with E-state index in [2.05, 4.69) is 20.7 Å². The van der Waals surface area contributed by atoms with E-state index in [0.29, 0.717) is 4.47 Å². The van der Waals surface area contributed by atoms with Crippen molar-refractivity contribution < 1.29 is 27.0 Å². The van der Waals surface area contributed by atoms with Crippen molar-refractivity contribution >= 4 is 15.9 Å². The summed E-state index contributed by atoms with van der Waals surface area (Å²) in [6, 6.07) is 3.66. The first-order valence-electron chi connectivity index (χ1n) is 4.10. The average molecular weight is 303 g/mol. The molecule has 7 heteroatoms. The summed E-state index contributed by atoms with van der Waals surface area (Å²) in [6.07, 6.45) is -4.40. The normalized spacial score (nSPS) is 11.6. The third kappa shape index (κ3) is 5.32. The Kier molecular flexibility index (Phi) is 4.55. The topological polar surface area (TPSA) is 18.5 Å². The van der Waals surface area contributed by atoms with E-state index in [1.165, 1.54) is 12.1 Å². The smallest absolute Gasteiger partial charge is 0.411 e. The van der Waals surface area contributed by atoms with Gasteiger partial charge in [0.25, 0.3) is 0 Å². The number of ether oxygens (including phenoxy) is 2. The lowest BCUT2D eigenvalue weighted by Crippen LogP contribution is -2.19. The summed E-state index contributed by atoms with van der Waals surface area (Å²) >= 11 is 3.01. The molecule has 1 aromatic rings. The minimum absolute atomic E-state index is 0.0917. The zero-order valence-corrected chi connectivity index (χ0v) is 9.44. The molecule has 0 unspecified atom stereocenters. The van der Waals surface area contributed by atoms with Crippen LogP contribution in [0.5, 0.6) is 5.75 Å². The fourth-order valence-corrected chi connectivity index (χ4v) is 1.32. The fraction of sp³-hybridized carbons (Fsp3) is 0.333. The second-order valence-corrected chi connectivity index (χ2v) is 3.75. The Morgan fingerprint density at radius 3 is 2.44 bits per heavy atom. The van der Waals surface area contributed by atoms with E-state index in [0.717, 1.165) is 6.07 Å². The van der Waals surface area contributed by atoms with Crippen LogP contribution in [0.1, 0.15) is 0 Å². The molecule has 0 N–H and O–H groups in total. The third-order valence-corrected chi connectivity index (χ3v) is 1.87. The van der Waals surface area contributed by atoms with E-state index >= 15 is 0 Å². The van der Waals surface area contributed by atoms with Crippen molar-refractivity contribution in [2.45, 2.75) is 6.18 Å². The molecule has 0 aliphatic rings. The summed E-state index contributed by atoms with van der Waals surface area (Å²) in [6.45, 7) is -1.99. The van der Waals surface area contributed by atoms with Crippen LogP contribution in [0, 0.1) is 5.82 Å². The number of hydrogen-bond donors (Lipinski definition) is 0. The van der Waals surface area contributed by atoms with Gasteiger partial charge in [0.1, 0.15) is 18.2 Å². The van der Waals surface area contributed by atoms with E-state index < -0.39 is 25.4 Å². The standard InChI is InChI=1S/C9H7BrF4O2/c10-6-1-7(11)3-8(2-6)16-5-15-4-9(12,13)14/h1-3H,4-5H2. The van der Waals surface area contributed by atoms with Crippen molar-refractivity contribution in [1.29, 1.82) is 0 Å². The van der Waals surface area contributed by atoms with Gasteiger partial charge in [0.2, 0.25) is 0 Å². The monoisotopic (exact) mass is 302 g/mol. The average Bonchev–Trinajstić information content (AvgIpc) is 2.09. The molecule has 0 amide bonds. The number of hydrogen-bond acceptors (Lipinski definition) is 2. The molecule has 16 heavy (non-hydrogen) atoms. The number of halogens is 5. The van der Waals surface area contributed by atoms with Crippen molar-refractivity contribution in [1.82, 2.24) is 0 Å². The molecular formula is C9H7BrF4O2. The molecule has 2 nitrogen and oxygen atoms in total. The van der Waals surface area contributed by atoms with Gasteiger partial charge in [-0.05, 0) is 12.1 Å². The van der Waals surface area contributed by atoms with Gasteiger partial charge in [-0.3, -0.25) is 0 Å². The molecule has 0 heterocycles. The fourth-order valence-electron chi connectivity index (χ4n) is 0.879.